The quantitative estimate of drug-likeness (QED) is 0.0597. The molecule has 6 nitrogen and oxygen atoms in total. The second-order valence-corrected chi connectivity index (χ2v) is 19.3. The van der Waals surface area contributed by atoms with E-state index in [0.29, 0.717) is 19.5 Å². The first-order chi connectivity index (χ1) is 30.0. The summed E-state index contributed by atoms with van der Waals surface area (Å²) in [4.78, 5) is 40.8. The number of aliphatic carboxylic acids is 1. The van der Waals surface area contributed by atoms with E-state index in [9.17, 15) is 19.5 Å². The standard InChI is InChI=1S/C55H108N2O4/c1-4-7-10-13-16-19-22-25-28-29-32-35-38-41-44-47-53(58)56-52(48-49-54(59)60)55(61)57(50-45-42-39-36-33-30-26-23-20-17-14-11-8-5-2)51-46-43-40-37-34-31-27-24-21-18-15-12-9-6-3/h52H,4-51H2,1-3H3,(H,56,58)(H,59,60)/t52-/m0/s1. The third kappa shape index (κ3) is 44.8. The van der Waals surface area contributed by atoms with E-state index in [2.05, 4.69) is 26.1 Å². The van der Waals surface area contributed by atoms with E-state index in [1.165, 1.54) is 231 Å². The summed E-state index contributed by atoms with van der Waals surface area (Å²) in [6.07, 6.45) is 56.1. The molecule has 0 aliphatic carbocycles. The van der Waals surface area contributed by atoms with E-state index in [4.69, 9.17) is 0 Å². The molecule has 0 unspecified atom stereocenters. The van der Waals surface area contributed by atoms with Crippen molar-refractivity contribution in [2.75, 3.05) is 13.1 Å². The highest BCUT2D eigenvalue weighted by atomic mass is 16.4. The number of unbranched alkanes of at least 4 members (excludes halogenated alkanes) is 40. The molecule has 0 rings (SSSR count). The van der Waals surface area contributed by atoms with Crippen LogP contribution in [0, 0.1) is 0 Å². The maximum Gasteiger partial charge on any atom is 0.303 e. The molecule has 362 valence electrons. The minimum Gasteiger partial charge on any atom is -0.481 e. The van der Waals surface area contributed by atoms with Crippen LogP contribution in [0.4, 0.5) is 0 Å². The Morgan fingerprint density at radius 3 is 0.869 bits per heavy atom. The van der Waals surface area contributed by atoms with Gasteiger partial charge in [0.15, 0.2) is 0 Å². The van der Waals surface area contributed by atoms with Crippen LogP contribution in [0.1, 0.15) is 316 Å². The first kappa shape index (κ1) is 59.4. The number of nitrogens with one attached hydrogen (secondary N) is 1. The summed E-state index contributed by atoms with van der Waals surface area (Å²) in [6, 6.07) is -0.752. The highest BCUT2D eigenvalue weighted by Gasteiger charge is 2.26. The minimum atomic E-state index is -0.917. The lowest BCUT2D eigenvalue weighted by atomic mass is 10.0. The van der Waals surface area contributed by atoms with Crippen LogP contribution in [0.25, 0.3) is 0 Å². The van der Waals surface area contributed by atoms with Gasteiger partial charge in [-0.1, -0.05) is 278 Å². The van der Waals surface area contributed by atoms with Crippen molar-refractivity contribution in [2.45, 2.75) is 322 Å². The van der Waals surface area contributed by atoms with Gasteiger partial charge in [-0.05, 0) is 25.7 Å². The van der Waals surface area contributed by atoms with Gasteiger partial charge in [0, 0.05) is 25.9 Å². The summed E-state index contributed by atoms with van der Waals surface area (Å²) in [6.45, 7) is 8.24. The molecule has 0 spiro atoms. The number of amides is 2. The van der Waals surface area contributed by atoms with Gasteiger partial charge in [-0.25, -0.2) is 0 Å². The van der Waals surface area contributed by atoms with Gasteiger partial charge in [0.1, 0.15) is 6.04 Å². The van der Waals surface area contributed by atoms with E-state index in [0.717, 1.165) is 44.9 Å². The zero-order chi connectivity index (χ0) is 44.5. The second kappa shape index (κ2) is 49.4. The summed E-state index contributed by atoms with van der Waals surface area (Å²) in [5.41, 5.74) is 0. The van der Waals surface area contributed by atoms with Gasteiger partial charge in [0.2, 0.25) is 11.8 Å². The zero-order valence-corrected chi connectivity index (χ0v) is 41.6. The van der Waals surface area contributed by atoms with Crippen molar-refractivity contribution in [1.29, 1.82) is 0 Å². The molecule has 0 aromatic carbocycles. The zero-order valence-electron chi connectivity index (χ0n) is 41.6. The number of carbonyl (C=O) groups is 3. The van der Waals surface area contributed by atoms with Crippen LogP contribution < -0.4 is 5.32 Å². The molecule has 0 heterocycles. The molecule has 0 saturated carbocycles. The Hall–Kier alpha value is -1.59. The van der Waals surface area contributed by atoms with Crippen LogP contribution in [0.15, 0.2) is 0 Å². The molecular formula is C55H108N2O4. The monoisotopic (exact) mass is 861 g/mol. The topological polar surface area (TPSA) is 86.7 Å². The summed E-state index contributed by atoms with van der Waals surface area (Å²) < 4.78 is 0. The Kier molecular flexibility index (Phi) is 48.1. The van der Waals surface area contributed by atoms with Crippen LogP contribution in [0.5, 0.6) is 0 Å². The first-order valence-corrected chi connectivity index (χ1v) is 27.8. The van der Waals surface area contributed by atoms with Gasteiger partial charge in [0.25, 0.3) is 0 Å². The van der Waals surface area contributed by atoms with Crippen LogP contribution in [0.3, 0.4) is 0 Å². The van der Waals surface area contributed by atoms with E-state index >= 15 is 0 Å². The highest BCUT2D eigenvalue weighted by molar-refractivity contribution is 5.88. The normalized spacial score (nSPS) is 11.9. The van der Waals surface area contributed by atoms with Crippen LogP contribution in [-0.4, -0.2) is 46.9 Å². The van der Waals surface area contributed by atoms with Gasteiger partial charge in [-0.3, -0.25) is 14.4 Å². The number of carbonyl (C=O) groups excluding carboxylic acids is 2. The van der Waals surface area contributed by atoms with Crippen molar-refractivity contribution in [3.05, 3.63) is 0 Å². The number of rotatable bonds is 51. The third-order valence-electron chi connectivity index (χ3n) is 13.2. The fourth-order valence-electron chi connectivity index (χ4n) is 9.00. The number of carboxylic acids is 1. The molecule has 0 aliphatic heterocycles. The van der Waals surface area contributed by atoms with Gasteiger partial charge in [-0.2, -0.15) is 0 Å². The van der Waals surface area contributed by atoms with Crippen molar-refractivity contribution in [3.63, 3.8) is 0 Å². The Morgan fingerprint density at radius 1 is 0.361 bits per heavy atom. The van der Waals surface area contributed by atoms with E-state index in [1.54, 1.807) is 0 Å². The molecule has 0 saturated heterocycles. The molecule has 0 aliphatic rings. The average Bonchev–Trinajstić information content (AvgIpc) is 3.25. The molecule has 0 radical (unpaired) electrons. The minimum absolute atomic E-state index is 0.0736. The van der Waals surface area contributed by atoms with Gasteiger partial charge in [-0.15, -0.1) is 0 Å². The second-order valence-electron chi connectivity index (χ2n) is 19.3. The lowest BCUT2D eigenvalue weighted by Gasteiger charge is -2.28. The lowest BCUT2D eigenvalue weighted by Crippen LogP contribution is -2.49. The summed E-state index contributed by atoms with van der Waals surface area (Å²) in [5.74, 6) is -1.10. The van der Waals surface area contributed by atoms with E-state index in [1.807, 2.05) is 4.90 Å². The third-order valence-corrected chi connectivity index (χ3v) is 13.2. The molecule has 0 aromatic heterocycles. The van der Waals surface area contributed by atoms with E-state index in [-0.39, 0.29) is 24.7 Å². The Labute approximate surface area is 381 Å². The van der Waals surface area contributed by atoms with Crippen molar-refractivity contribution in [2.24, 2.45) is 0 Å². The molecule has 6 heteroatoms. The molecule has 1 atom stereocenters. The van der Waals surface area contributed by atoms with E-state index < -0.39 is 12.0 Å². The lowest BCUT2D eigenvalue weighted by molar-refractivity contribution is -0.139. The van der Waals surface area contributed by atoms with Crippen LogP contribution in [0.2, 0.25) is 0 Å². The molecular weight excluding hydrogens is 753 g/mol. The van der Waals surface area contributed by atoms with Gasteiger partial charge < -0.3 is 15.3 Å². The number of nitrogens with zero attached hydrogens (tertiary/aromatic N) is 1. The number of carboxylic acid groups (broad SMARTS) is 1. The van der Waals surface area contributed by atoms with Crippen LogP contribution >= 0.6 is 0 Å². The largest absolute Gasteiger partial charge is 0.481 e. The van der Waals surface area contributed by atoms with Crippen molar-refractivity contribution >= 4 is 17.8 Å². The fourth-order valence-corrected chi connectivity index (χ4v) is 9.00. The summed E-state index contributed by atoms with van der Waals surface area (Å²) in [7, 11) is 0. The maximum atomic E-state index is 14.1. The van der Waals surface area contributed by atoms with Crippen molar-refractivity contribution in [1.82, 2.24) is 10.2 Å². The Bertz CT molecular complexity index is 894. The van der Waals surface area contributed by atoms with Gasteiger partial charge >= 0.3 is 5.97 Å². The summed E-state index contributed by atoms with van der Waals surface area (Å²) >= 11 is 0. The van der Waals surface area contributed by atoms with Crippen molar-refractivity contribution < 1.29 is 19.5 Å². The predicted octanol–water partition coefficient (Wildman–Crippen LogP) is 17.4. The molecule has 2 amide bonds. The molecule has 0 fully saturated rings. The molecule has 0 aromatic rings. The maximum absolute atomic E-state index is 14.1. The highest BCUT2D eigenvalue weighted by Crippen LogP contribution is 2.18. The molecule has 2 N–H and O–H groups in total. The van der Waals surface area contributed by atoms with Crippen molar-refractivity contribution in [3.8, 4) is 0 Å². The average molecular weight is 861 g/mol. The molecule has 61 heavy (non-hydrogen) atoms. The smallest absolute Gasteiger partial charge is 0.303 e. The first-order valence-electron chi connectivity index (χ1n) is 27.8. The fraction of sp³-hybridized carbons (Fsp3) is 0.945. The van der Waals surface area contributed by atoms with Crippen LogP contribution in [-0.2, 0) is 14.4 Å². The summed E-state index contributed by atoms with van der Waals surface area (Å²) in [5, 5.41) is 12.5. The number of hydrogen-bond acceptors (Lipinski definition) is 3. The predicted molar refractivity (Wildman–Crippen MR) is 266 cm³/mol. The SMILES string of the molecule is CCCCCCCCCCCCCCCCCC(=O)N[C@@H](CCC(=O)O)C(=O)N(CCCCCCCCCCCCCCCC)CCCCCCCCCCCCCCCC. The molecule has 0 bridgehead atoms. The number of hydrogen-bond donors (Lipinski definition) is 2. The van der Waals surface area contributed by atoms with Gasteiger partial charge in [0.05, 0.1) is 0 Å². The Morgan fingerprint density at radius 2 is 0.607 bits per heavy atom. The Balaban J connectivity index is 4.70.